The molecule has 0 radical (unpaired) electrons. The fourth-order valence-electron chi connectivity index (χ4n) is 3.78. The van der Waals surface area contributed by atoms with E-state index >= 15 is 0 Å². The van der Waals surface area contributed by atoms with E-state index in [0.29, 0.717) is 18.0 Å². The minimum Gasteiger partial charge on any atom is -0.495 e. The molecule has 1 unspecified atom stereocenters. The summed E-state index contributed by atoms with van der Waals surface area (Å²) in [7, 11) is 1.54. The van der Waals surface area contributed by atoms with Crippen LogP contribution in [0.5, 0.6) is 5.75 Å². The van der Waals surface area contributed by atoms with E-state index in [1.54, 1.807) is 26.2 Å². The van der Waals surface area contributed by atoms with Crippen molar-refractivity contribution < 1.29 is 24.0 Å². The second-order valence-electron chi connectivity index (χ2n) is 7.74. The number of para-hydroxylation sites is 2. The van der Waals surface area contributed by atoms with Crippen LogP contribution in [0.4, 0.5) is 10.5 Å². The van der Waals surface area contributed by atoms with Crippen LogP contribution >= 0.6 is 0 Å². The van der Waals surface area contributed by atoms with Crippen molar-refractivity contribution in [2.75, 3.05) is 32.2 Å². The quantitative estimate of drug-likeness (QED) is 0.529. The van der Waals surface area contributed by atoms with Crippen molar-refractivity contribution in [1.29, 1.82) is 0 Å². The summed E-state index contributed by atoms with van der Waals surface area (Å²) in [5.74, 6) is 0.0360. The smallest absolute Gasteiger partial charge is 0.329 e. The topological polar surface area (TPSA) is 92.2 Å². The lowest BCUT2D eigenvalue weighted by atomic mass is 9.92. The fourth-order valence-corrected chi connectivity index (χ4v) is 3.78. The van der Waals surface area contributed by atoms with Crippen LogP contribution in [0.15, 0.2) is 54.6 Å². The normalized spacial score (nSPS) is 19.1. The average Bonchev–Trinajstić information content (AvgIpc) is 2.98. The molecule has 1 aliphatic heterocycles. The van der Waals surface area contributed by atoms with Crippen LogP contribution in [-0.4, -0.2) is 49.6 Å². The van der Waals surface area contributed by atoms with Gasteiger partial charge in [0.05, 0.1) is 19.3 Å². The monoisotopic (exact) mass is 425 g/mol. The molecule has 0 saturated carbocycles. The summed E-state index contributed by atoms with van der Waals surface area (Å²) < 4.78 is 5.27. The van der Waals surface area contributed by atoms with Gasteiger partial charge in [-0.15, -0.1) is 0 Å². The maximum Gasteiger partial charge on any atom is 0.329 e. The first-order valence-corrected chi connectivity index (χ1v) is 10.3. The van der Waals surface area contributed by atoms with Gasteiger partial charge in [-0.3, -0.25) is 9.59 Å². The molecule has 31 heavy (non-hydrogen) atoms. The Bertz CT molecular complexity index is 950. The standard InChI is InChI=1S/C23H28N4O4/c1-4-14-26(15-20(28)24-18-12-8-9-13-19(18)31-3)16-27-21(29)23(2,25-22(27)30)17-10-6-5-7-11-17/h5-13H,4,14-16H2,1-3H3,(H,24,28)(H,25,30)/p+1/t23-/m0/s1. The maximum absolute atomic E-state index is 13.2. The van der Waals surface area contributed by atoms with E-state index in [-0.39, 0.29) is 25.0 Å². The van der Waals surface area contributed by atoms with Gasteiger partial charge in [0.15, 0.2) is 13.2 Å². The number of benzene rings is 2. The molecule has 8 nitrogen and oxygen atoms in total. The number of carbonyl (C=O) groups is 3. The number of nitrogens with zero attached hydrogens (tertiary/aromatic N) is 1. The Morgan fingerprint density at radius 3 is 2.48 bits per heavy atom. The largest absolute Gasteiger partial charge is 0.495 e. The minimum absolute atomic E-state index is 0.111. The summed E-state index contributed by atoms with van der Waals surface area (Å²) in [5.41, 5.74) is 0.189. The number of quaternary nitrogens is 1. The van der Waals surface area contributed by atoms with Crippen LogP contribution in [0.25, 0.3) is 0 Å². The molecule has 1 saturated heterocycles. The van der Waals surface area contributed by atoms with E-state index in [1.807, 2.05) is 49.4 Å². The van der Waals surface area contributed by atoms with Gasteiger partial charge in [-0.05, 0) is 31.0 Å². The molecular formula is C23H29N4O4+. The van der Waals surface area contributed by atoms with Gasteiger partial charge in [-0.25, -0.2) is 9.69 Å². The lowest BCUT2D eigenvalue weighted by Crippen LogP contribution is -3.14. The van der Waals surface area contributed by atoms with Crippen LogP contribution in [0.1, 0.15) is 25.8 Å². The summed E-state index contributed by atoms with van der Waals surface area (Å²) in [6.07, 6.45) is 0.802. The van der Waals surface area contributed by atoms with Gasteiger partial charge in [-0.1, -0.05) is 49.4 Å². The number of hydrogen-bond donors (Lipinski definition) is 3. The van der Waals surface area contributed by atoms with Crippen molar-refractivity contribution >= 4 is 23.5 Å². The second kappa shape index (κ2) is 9.61. The Morgan fingerprint density at radius 1 is 1.13 bits per heavy atom. The van der Waals surface area contributed by atoms with Crippen LogP contribution in [0.3, 0.4) is 0 Å². The van der Waals surface area contributed by atoms with Crippen molar-refractivity contribution in [3.8, 4) is 5.75 Å². The summed E-state index contributed by atoms with van der Waals surface area (Å²) in [6, 6.07) is 15.9. The number of ether oxygens (including phenoxy) is 1. The van der Waals surface area contributed by atoms with Gasteiger partial charge < -0.3 is 20.3 Å². The van der Waals surface area contributed by atoms with Gasteiger partial charge >= 0.3 is 6.03 Å². The number of nitrogens with one attached hydrogen (secondary N) is 3. The molecule has 3 rings (SSSR count). The molecule has 2 aromatic rings. The molecule has 0 bridgehead atoms. The number of amides is 4. The predicted octanol–water partition coefficient (Wildman–Crippen LogP) is 1.35. The van der Waals surface area contributed by atoms with E-state index in [9.17, 15) is 14.4 Å². The third-order valence-electron chi connectivity index (χ3n) is 5.40. The molecule has 3 N–H and O–H groups in total. The number of urea groups is 1. The molecule has 4 amide bonds. The lowest BCUT2D eigenvalue weighted by molar-refractivity contribution is -0.899. The zero-order valence-corrected chi connectivity index (χ0v) is 18.1. The van der Waals surface area contributed by atoms with E-state index in [1.165, 1.54) is 4.90 Å². The van der Waals surface area contributed by atoms with Gasteiger partial charge in [0, 0.05) is 0 Å². The van der Waals surface area contributed by atoms with E-state index in [4.69, 9.17) is 4.74 Å². The zero-order valence-electron chi connectivity index (χ0n) is 18.1. The molecule has 1 heterocycles. The molecule has 164 valence electrons. The van der Waals surface area contributed by atoms with E-state index in [2.05, 4.69) is 10.6 Å². The Balaban J connectivity index is 1.70. The van der Waals surface area contributed by atoms with Gasteiger partial charge in [0.1, 0.15) is 11.3 Å². The van der Waals surface area contributed by atoms with Crippen molar-refractivity contribution in [1.82, 2.24) is 10.2 Å². The number of hydrogen-bond acceptors (Lipinski definition) is 4. The van der Waals surface area contributed by atoms with Crippen molar-refractivity contribution in [3.63, 3.8) is 0 Å². The minimum atomic E-state index is -1.12. The number of rotatable bonds is 9. The highest BCUT2D eigenvalue weighted by molar-refractivity contribution is 6.07. The van der Waals surface area contributed by atoms with Crippen molar-refractivity contribution in [3.05, 3.63) is 60.2 Å². The van der Waals surface area contributed by atoms with Crippen LogP contribution < -0.4 is 20.3 Å². The summed E-state index contributed by atoms with van der Waals surface area (Å²) in [6.45, 7) is 4.57. The maximum atomic E-state index is 13.2. The zero-order chi connectivity index (χ0) is 22.4. The van der Waals surface area contributed by atoms with Crippen molar-refractivity contribution in [2.24, 2.45) is 0 Å². The van der Waals surface area contributed by atoms with E-state index < -0.39 is 11.6 Å². The number of carbonyl (C=O) groups excluding carboxylic acids is 3. The highest BCUT2D eigenvalue weighted by atomic mass is 16.5. The molecule has 2 aromatic carbocycles. The third-order valence-corrected chi connectivity index (χ3v) is 5.40. The molecule has 8 heteroatoms. The predicted molar refractivity (Wildman–Crippen MR) is 117 cm³/mol. The molecule has 0 aliphatic carbocycles. The molecule has 1 fully saturated rings. The highest BCUT2D eigenvalue weighted by Crippen LogP contribution is 2.28. The molecule has 0 spiro atoms. The fraction of sp³-hybridized carbons (Fsp3) is 0.348. The first kappa shape index (κ1) is 22.3. The average molecular weight is 426 g/mol. The first-order valence-electron chi connectivity index (χ1n) is 10.3. The van der Waals surface area contributed by atoms with Crippen molar-refractivity contribution in [2.45, 2.75) is 25.8 Å². The number of anilines is 1. The van der Waals surface area contributed by atoms with Gasteiger partial charge in [-0.2, -0.15) is 0 Å². The molecule has 1 aliphatic rings. The van der Waals surface area contributed by atoms with E-state index in [0.717, 1.165) is 16.9 Å². The SMILES string of the molecule is CCC[NH+](CC(=O)Nc1ccccc1OC)CN1C(=O)N[C@@](C)(c2ccccc2)C1=O. The highest BCUT2D eigenvalue weighted by Gasteiger charge is 2.50. The molecule has 0 aromatic heterocycles. The first-order chi connectivity index (χ1) is 14.9. The Labute approximate surface area is 182 Å². The second-order valence-corrected chi connectivity index (χ2v) is 7.74. The van der Waals surface area contributed by atoms with Crippen LogP contribution in [0.2, 0.25) is 0 Å². The Hall–Kier alpha value is -3.39. The summed E-state index contributed by atoms with van der Waals surface area (Å²) in [4.78, 5) is 40.5. The molecule has 2 atom stereocenters. The summed E-state index contributed by atoms with van der Waals surface area (Å²) >= 11 is 0. The van der Waals surface area contributed by atoms with Gasteiger partial charge in [0.25, 0.3) is 11.8 Å². The lowest BCUT2D eigenvalue weighted by Gasteiger charge is -2.24. The van der Waals surface area contributed by atoms with Crippen LogP contribution in [-0.2, 0) is 15.1 Å². The number of imide groups is 1. The Morgan fingerprint density at radius 2 is 1.81 bits per heavy atom. The Kier molecular flexibility index (Phi) is 6.91. The number of methoxy groups -OCH3 is 1. The molecular weight excluding hydrogens is 396 g/mol. The van der Waals surface area contributed by atoms with Crippen LogP contribution in [0, 0.1) is 0 Å². The van der Waals surface area contributed by atoms with Gasteiger partial charge in [0.2, 0.25) is 0 Å². The summed E-state index contributed by atoms with van der Waals surface area (Å²) in [5, 5.41) is 5.66. The third kappa shape index (κ3) is 4.86.